The van der Waals surface area contributed by atoms with Crippen molar-refractivity contribution in [1.82, 2.24) is 5.32 Å². The van der Waals surface area contributed by atoms with Gasteiger partial charge >= 0.3 is 0 Å². The Bertz CT molecular complexity index is 585. The molecule has 0 saturated heterocycles. The lowest BCUT2D eigenvalue weighted by molar-refractivity contribution is -0.385. The molecule has 0 fully saturated rings. The van der Waals surface area contributed by atoms with Crippen molar-refractivity contribution in [3.63, 3.8) is 0 Å². The van der Waals surface area contributed by atoms with Gasteiger partial charge in [-0.25, -0.2) is 13.6 Å². The van der Waals surface area contributed by atoms with Crippen LogP contribution in [-0.4, -0.2) is 31.5 Å². The zero-order chi connectivity index (χ0) is 14.5. The maximum atomic E-state index is 11.7. The normalized spacial score (nSPS) is 11.0. The van der Waals surface area contributed by atoms with Gasteiger partial charge in [-0.3, -0.25) is 14.9 Å². The number of sulfonamides is 1. The average molecular weight is 287 g/mol. The van der Waals surface area contributed by atoms with E-state index in [9.17, 15) is 23.3 Å². The Morgan fingerprint density at radius 3 is 2.58 bits per heavy atom. The second-order valence-electron chi connectivity index (χ2n) is 3.75. The summed E-state index contributed by atoms with van der Waals surface area (Å²) in [5.41, 5.74) is -0.366. The van der Waals surface area contributed by atoms with Crippen LogP contribution in [0.5, 0.6) is 0 Å². The van der Waals surface area contributed by atoms with Gasteiger partial charge in [-0.1, -0.05) is 12.1 Å². The van der Waals surface area contributed by atoms with Crippen molar-refractivity contribution in [1.29, 1.82) is 0 Å². The minimum atomic E-state index is -3.57. The second kappa shape index (κ2) is 6.25. The van der Waals surface area contributed by atoms with Gasteiger partial charge in [-0.15, -0.1) is 0 Å². The van der Waals surface area contributed by atoms with Crippen molar-refractivity contribution in [2.24, 2.45) is 5.14 Å². The van der Waals surface area contributed by atoms with Gasteiger partial charge in [0.2, 0.25) is 10.0 Å². The molecule has 19 heavy (non-hydrogen) atoms. The van der Waals surface area contributed by atoms with Crippen LogP contribution in [0, 0.1) is 10.1 Å². The molecule has 3 N–H and O–H groups in total. The number of hydrogen-bond donors (Lipinski definition) is 2. The molecule has 0 aliphatic heterocycles. The fourth-order valence-electron chi connectivity index (χ4n) is 1.40. The number of nitro benzene ring substituents is 1. The highest BCUT2D eigenvalue weighted by molar-refractivity contribution is 7.89. The van der Waals surface area contributed by atoms with E-state index in [-0.39, 0.29) is 30.0 Å². The minimum Gasteiger partial charge on any atom is -0.352 e. The number of carbonyl (C=O) groups excluding carboxylic acids is 1. The summed E-state index contributed by atoms with van der Waals surface area (Å²) in [6.45, 7) is 0.0707. The predicted molar refractivity (Wildman–Crippen MR) is 68.0 cm³/mol. The highest BCUT2D eigenvalue weighted by Gasteiger charge is 2.18. The fourth-order valence-corrected chi connectivity index (χ4v) is 1.94. The van der Waals surface area contributed by atoms with Crippen molar-refractivity contribution < 1.29 is 18.1 Å². The van der Waals surface area contributed by atoms with Crippen LogP contribution in [-0.2, 0) is 10.0 Å². The first-order chi connectivity index (χ1) is 8.81. The lowest BCUT2D eigenvalue weighted by atomic mass is 10.1. The van der Waals surface area contributed by atoms with Gasteiger partial charge < -0.3 is 5.32 Å². The lowest BCUT2D eigenvalue weighted by Gasteiger charge is -2.05. The third-order valence-electron chi connectivity index (χ3n) is 2.24. The van der Waals surface area contributed by atoms with E-state index in [1.807, 2.05) is 0 Å². The molecular weight excluding hydrogens is 274 g/mol. The minimum absolute atomic E-state index is 0.0666. The number of nitro groups is 1. The van der Waals surface area contributed by atoms with Crippen LogP contribution in [0.4, 0.5) is 5.69 Å². The van der Waals surface area contributed by atoms with Crippen LogP contribution in [0.25, 0.3) is 0 Å². The Hall–Kier alpha value is -2.00. The van der Waals surface area contributed by atoms with E-state index in [1.165, 1.54) is 24.3 Å². The smallest absolute Gasteiger partial charge is 0.282 e. The molecule has 1 aromatic carbocycles. The zero-order valence-electron chi connectivity index (χ0n) is 9.90. The van der Waals surface area contributed by atoms with Gasteiger partial charge in [0.1, 0.15) is 5.56 Å². The Kier molecular flexibility index (Phi) is 4.95. The summed E-state index contributed by atoms with van der Waals surface area (Å²) in [5, 5.41) is 17.9. The molecule has 9 heteroatoms. The van der Waals surface area contributed by atoms with Gasteiger partial charge in [0.05, 0.1) is 10.7 Å². The molecule has 0 heterocycles. The number of nitrogens with one attached hydrogen (secondary N) is 1. The van der Waals surface area contributed by atoms with Gasteiger partial charge in [-0.05, 0) is 12.5 Å². The maximum absolute atomic E-state index is 11.7. The Morgan fingerprint density at radius 2 is 2.00 bits per heavy atom. The molecule has 1 amide bonds. The monoisotopic (exact) mass is 287 g/mol. The molecule has 8 nitrogen and oxygen atoms in total. The molecule has 0 bridgehead atoms. The summed E-state index contributed by atoms with van der Waals surface area (Å²) in [7, 11) is -3.57. The van der Waals surface area contributed by atoms with E-state index in [4.69, 9.17) is 5.14 Å². The third-order valence-corrected chi connectivity index (χ3v) is 3.09. The van der Waals surface area contributed by atoms with Crippen LogP contribution in [0.15, 0.2) is 24.3 Å². The summed E-state index contributed by atoms with van der Waals surface area (Å²) in [4.78, 5) is 21.8. The number of nitrogens with two attached hydrogens (primary N) is 1. The third kappa shape index (κ3) is 5.02. The van der Waals surface area contributed by atoms with E-state index in [1.54, 1.807) is 0 Å². The van der Waals surface area contributed by atoms with Crippen LogP contribution in [0.3, 0.4) is 0 Å². The van der Waals surface area contributed by atoms with Gasteiger partial charge in [-0.2, -0.15) is 0 Å². The number of benzene rings is 1. The number of para-hydroxylation sites is 1. The first kappa shape index (κ1) is 15.1. The Morgan fingerprint density at radius 1 is 1.37 bits per heavy atom. The molecule has 1 rings (SSSR count). The first-order valence-corrected chi connectivity index (χ1v) is 7.05. The van der Waals surface area contributed by atoms with Crippen molar-refractivity contribution in [3.05, 3.63) is 39.9 Å². The summed E-state index contributed by atoms with van der Waals surface area (Å²) < 4.78 is 21.3. The van der Waals surface area contributed by atoms with Crippen molar-refractivity contribution in [3.8, 4) is 0 Å². The number of carbonyl (C=O) groups is 1. The van der Waals surface area contributed by atoms with Gasteiger partial charge in [0.25, 0.3) is 11.6 Å². The second-order valence-corrected chi connectivity index (χ2v) is 5.48. The quantitative estimate of drug-likeness (QED) is 0.432. The van der Waals surface area contributed by atoms with E-state index in [0.29, 0.717) is 0 Å². The van der Waals surface area contributed by atoms with Crippen molar-refractivity contribution in [2.45, 2.75) is 6.42 Å². The number of rotatable bonds is 6. The van der Waals surface area contributed by atoms with Crippen molar-refractivity contribution in [2.75, 3.05) is 12.3 Å². The van der Waals surface area contributed by atoms with Crippen LogP contribution in [0.2, 0.25) is 0 Å². The lowest BCUT2D eigenvalue weighted by Crippen LogP contribution is -2.27. The summed E-state index contributed by atoms with van der Waals surface area (Å²) in [5.74, 6) is -0.883. The van der Waals surface area contributed by atoms with Gasteiger partial charge in [0.15, 0.2) is 0 Å². The first-order valence-electron chi connectivity index (χ1n) is 5.33. The summed E-state index contributed by atoms with van der Waals surface area (Å²) in [6, 6.07) is 5.51. The van der Waals surface area contributed by atoms with E-state index >= 15 is 0 Å². The Balaban J connectivity index is 2.62. The van der Waals surface area contributed by atoms with Gasteiger partial charge in [0, 0.05) is 12.6 Å². The number of hydrogen-bond acceptors (Lipinski definition) is 5. The molecule has 0 aromatic heterocycles. The molecule has 0 unspecified atom stereocenters. The van der Waals surface area contributed by atoms with Crippen LogP contribution >= 0.6 is 0 Å². The zero-order valence-corrected chi connectivity index (χ0v) is 10.7. The fraction of sp³-hybridized carbons (Fsp3) is 0.300. The molecular formula is C10H13N3O5S. The molecule has 0 saturated carbocycles. The molecule has 104 valence electrons. The number of amides is 1. The molecule has 0 aliphatic rings. The number of primary sulfonamides is 1. The average Bonchev–Trinajstić information content (AvgIpc) is 2.33. The molecule has 0 atom stereocenters. The van der Waals surface area contributed by atoms with E-state index in [2.05, 4.69) is 5.32 Å². The molecule has 0 aliphatic carbocycles. The number of nitrogens with zero attached hydrogens (tertiary/aromatic N) is 1. The van der Waals surface area contributed by atoms with Crippen LogP contribution in [0.1, 0.15) is 16.8 Å². The predicted octanol–water partition coefficient (Wildman–Crippen LogP) is 0.00320. The highest BCUT2D eigenvalue weighted by Crippen LogP contribution is 2.17. The highest BCUT2D eigenvalue weighted by atomic mass is 32.2. The van der Waals surface area contributed by atoms with Crippen molar-refractivity contribution >= 4 is 21.6 Å². The topological polar surface area (TPSA) is 132 Å². The summed E-state index contributed by atoms with van der Waals surface area (Å²) in [6.07, 6.45) is 0.144. The molecule has 1 aromatic rings. The molecule has 0 radical (unpaired) electrons. The molecule has 0 spiro atoms. The standard InChI is InChI=1S/C10H13N3O5S/c11-19(17,18)7-3-6-12-10(14)8-4-1-2-5-9(8)13(15)16/h1-2,4-5H,3,6-7H2,(H,12,14)(H2,11,17,18). The summed E-state index contributed by atoms with van der Waals surface area (Å²) >= 11 is 0. The SMILES string of the molecule is NS(=O)(=O)CCCNC(=O)c1ccccc1[N+](=O)[O-]. The van der Waals surface area contributed by atoms with E-state index < -0.39 is 20.9 Å². The Labute approximate surface area is 109 Å². The maximum Gasteiger partial charge on any atom is 0.282 e. The van der Waals surface area contributed by atoms with E-state index in [0.717, 1.165) is 0 Å². The van der Waals surface area contributed by atoms with Crippen LogP contribution < -0.4 is 10.5 Å². The largest absolute Gasteiger partial charge is 0.352 e.